The van der Waals surface area contributed by atoms with Crippen molar-refractivity contribution in [3.8, 4) is 0 Å². The van der Waals surface area contributed by atoms with Crippen molar-refractivity contribution in [3.05, 3.63) is 14.5 Å². The summed E-state index contributed by atoms with van der Waals surface area (Å²) in [5.41, 5.74) is 0. The van der Waals surface area contributed by atoms with Gasteiger partial charge in [-0.05, 0) is 11.9 Å². The molecular weight excluding hydrogens is 324 g/mol. The van der Waals surface area contributed by atoms with Gasteiger partial charge in [-0.1, -0.05) is 55.0 Å². The second-order valence-corrected chi connectivity index (χ2v) is 5.81. The van der Waals surface area contributed by atoms with E-state index >= 15 is 0 Å². The van der Waals surface area contributed by atoms with Crippen LogP contribution in [0.2, 0.25) is 0 Å². The summed E-state index contributed by atoms with van der Waals surface area (Å²) in [4.78, 5) is 1.86. The Bertz CT molecular complexity index is 285. The average Bonchev–Trinajstić information content (AvgIpc) is 2.47. The predicted molar refractivity (Wildman–Crippen MR) is 61.3 cm³/mol. The van der Waals surface area contributed by atoms with E-state index in [9.17, 15) is 0 Å². The zero-order valence-electron chi connectivity index (χ0n) is 6.25. The summed E-state index contributed by atoms with van der Waals surface area (Å²) in [6, 6.07) is 0. The molecule has 0 N–H and O–H groups in total. The van der Waals surface area contributed by atoms with Gasteiger partial charge in [0, 0.05) is 10.2 Å². The van der Waals surface area contributed by atoms with Gasteiger partial charge >= 0.3 is 0 Å². The molecule has 0 aliphatic heterocycles. The molecule has 1 aromatic rings. The van der Waals surface area contributed by atoms with Crippen molar-refractivity contribution in [1.82, 2.24) is 10.2 Å². The Morgan fingerprint density at radius 2 is 2.42 bits per heavy atom. The van der Waals surface area contributed by atoms with Gasteiger partial charge in [0.2, 0.25) is 0 Å². The smallest absolute Gasteiger partial charge is 0.143 e. The molecule has 0 amide bonds. The third-order valence-electron chi connectivity index (χ3n) is 0.959. The highest BCUT2D eigenvalue weighted by molar-refractivity contribution is 9.14. The van der Waals surface area contributed by atoms with E-state index in [0.29, 0.717) is 0 Å². The van der Waals surface area contributed by atoms with Gasteiger partial charge in [-0.2, -0.15) is 0 Å². The number of hydrogen-bond acceptors (Lipinski definition) is 4. The maximum Gasteiger partial charge on any atom is 0.174 e. The summed E-state index contributed by atoms with van der Waals surface area (Å²) in [6.45, 7) is 1.96. The fraction of sp³-hybridized carbons (Fsp3) is 0.333. The summed E-state index contributed by atoms with van der Waals surface area (Å²) >= 11 is 9.92. The van der Waals surface area contributed by atoms with Crippen molar-refractivity contribution >= 4 is 55.0 Å². The van der Waals surface area contributed by atoms with Crippen LogP contribution in [-0.4, -0.2) is 16.0 Å². The highest BCUT2D eigenvalue weighted by atomic mass is 79.9. The van der Waals surface area contributed by atoms with Crippen molar-refractivity contribution < 1.29 is 0 Å². The second-order valence-electron chi connectivity index (χ2n) is 1.93. The Hall–Kier alpha value is 0.610. The molecule has 1 heterocycles. The third-order valence-corrected chi connectivity index (χ3v) is 5.03. The largest absolute Gasteiger partial charge is 0.174 e. The van der Waals surface area contributed by atoms with Crippen LogP contribution in [0.4, 0.5) is 0 Å². The Labute approximate surface area is 96.1 Å². The molecule has 6 heteroatoms. The molecule has 0 spiro atoms. The first-order valence-electron chi connectivity index (χ1n) is 3.10. The first-order chi connectivity index (χ1) is 5.72. The molecule has 0 aliphatic rings. The third kappa shape index (κ3) is 3.55. The normalized spacial score (nSPS) is 12.1. The summed E-state index contributed by atoms with van der Waals surface area (Å²) < 4.78 is 2.12. The van der Waals surface area contributed by atoms with Gasteiger partial charge in [-0.3, -0.25) is 0 Å². The van der Waals surface area contributed by atoms with Crippen molar-refractivity contribution in [2.75, 3.05) is 5.75 Å². The number of thioether (sulfide) groups is 1. The van der Waals surface area contributed by atoms with Crippen LogP contribution >= 0.6 is 55.0 Å². The summed E-state index contributed by atoms with van der Waals surface area (Å²) in [5.74, 6) is 0.889. The quantitative estimate of drug-likeness (QED) is 0.793. The molecule has 0 saturated heterocycles. The summed E-state index contributed by atoms with van der Waals surface area (Å²) in [6.07, 6.45) is 0. The topological polar surface area (TPSA) is 25.8 Å². The molecule has 1 aromatic heterocycles. The Morgan fingerprint density at radius 3 is 2.92 bits per heavy atom. The van der Waals surface area contributed by atoms with Gasteiger partial charge in [0.25, 0.3) is 0 Å². The molecule has 0 fully saturated rings. The van der Waals surface area contributed by atoms with Crippen molar-refractivity contribution in [1.29, 1.82) is 0 Å². The Balaban J connectivity index is 2.43. The lowest BCUT2D eigenvalue weighted by Crippen LogP contribution is -1.76. The minimum Gasteiger partial charge on any atom is -0.143 e. The monoisotopic (exact) mass is 328 g/mol. The Morgan fingerprint density at radius 1 is 1.67 bits per heavy atom. The zero-order valence-corrected chi connectivity index (χ0v) is 11.1. The van der Waals surface area contributed by atoms with E-state index in [1.807, 2.05) is 11.9 Å². The average molecular weight is 330 g/mol. The van der Waals surface area contributed by atoms with Crippen LogP contribution < -0.4 is 0 Å². The lowest BCUT2D eigenvalue weighted by molar-refractivity contribution is 0.984. The van der Waals surface area contributed by atoms with Crippen LogP contribution in [-0.2, 0) is 0 Å². The van der Waals surface area contributed by atoms with Crippen LogP contribution in [0.5, 0.6) is 0 Å². The molecule has 66 valence electrons. The first kappa shape index (κ1) is 10.7. The van der Waals surface area contributed by atoms with Gasteiger partial charge < -0.3 is 0 Å². The molecule has 0 aromatic carbocycles. The van der Waals surface area contributed by atoms with Gasteiger partial charge in [0.05, 0.1) is 0 Å². The molecule has 0 saturated carbocycles. The van der Waals surface area contributed by atoms with E-state index < -0.39 is 0 Å². The number of halogens is 2. The van der Waals surface area contributed by atoms with Crippen molar-refractivity contribution in [3.63, 3.8) is 0 Å². The van der Waals surface area contributed by atoms with Crippen molar-refractivity contribution in [2.24, 2.45) is 0 Å². The van der Waals surface area contributed by atoms with Crippen LogP contribution in [0.25, 0.3) is 0 Å². The number of aromatic nitrogens is 2. The molecule has 0 atom stereocenters. The van der Waals surface area contributed by atoms with E-state index in [4.69, 9.17) is 0 Å². The minimum atomic E-state index is 0.889. The highest BCUT2D eigenvalue weighted by Crippen LogP contribution is 2.25. The van der Waals surface area contributed by atoms with E-state index in [1.165, 1.54) is 0 Å². The molecule has 0 radical (unpaired) electrons. The van der Waals surface area contributed by atoms with Crippen LogP contribution in [0.15, 0.2) is 13.8 Å². The van der Waals surface area contributed by atoms with Gasteiger partial charge in [-0.15, -0.1) is 10.2 Å². The first-order valence-corrected chi connectivity index (χ1v) is 6.61. The van der Waals surface area contributed by atoms with Gasteiger partial charge in [0.15, 0.2) is 4.34 Å². The molecule has 0 aliphatic carbocycles. The molecule has 12 heavy (non-hydrogen) atoms. The van der Waals surface area contributed by atoms with E-state index in [1.54, 1.807) is 23.1 Å². The van der Waals surface area contributed by atoms with Crippen LogP contribution in [0.3, 0.4) is 0 Å². The fourth-order valence-electron chi connectivity index (χ4n) is 0.499. The van der Waals surface area contributed by atoms with E-state index in [0.717, 1.165) is 19.6 Å². The predicted octanol–water partition coefficient (Wildman–Crippen LogP) is 3.57. The Kier molecular flexibility index (Phi) is 4.78. The minimum absolute atomic E-state index is 0.889. The summed E-state index contributed by atoms with van der Waals surface area (Å²) in [7, 11) is 0. The van der Waals surface area contributed by atoms with Gasteiger partial charge in [0.1, 0.15) is 5.01 Å². The molecule has 1 rings (SSSR count). The number of aryl methyl sites for hydroxylation is 1. The van der Waals surface area contributed by atoms with Gasteiger partial charge in [-0.25, -0.2) is 0 Å². The maximum absolute atomic E-state index is 3.99. The highest BCUT2D eigenvalue weighted by Gasteiger charge is 2.01. The maximum atomic E-state index is 3.99. The van der Waals surface area contributed by atoms with Crippen molar-refractivity contribution in [2.45, 2.75) is 11.3 Å². The lowest BCUT2D eigenvalue weighted by Gasteiger charge is -1.92. The second kappa shape index (κ2) is 5.36. The lowest BCUT2D eigenvalue weighted by atomic mass is 10.8. The van der Waals surface area contributed by atoms with E-state index in [-0.39, 0.29) is 0 Å². The standard InChI is InChI=1S/C6H6Br2N2S2/c1-4-9-10-6(12-4)11-3-5(8)2-7/h2H,3H2,1H3. The van der Waals surface area contributed by atoms with Crippen LogP contribution in [0, 0.1) is 6.92 Å². The molecular formula is C6H6Br2N2S2. The summed E-state index contributed by atoms with van der Waals surface area (Å²) in [5, 5.41) is 8.92. The van der Waals surface area contributed by atoms with E-state index in [2.05, 4.69) is 42.1 Å². The molecule has 2 nitrogen and oxygen atoms in total. The number of rotatable bonds is 3. The van der Waals surface area contributed by atoms with Crippen LogP contribution in [0.1, 0.15) is 5.01 Å². The number of nitrogens with zero attached hydrogens (tertiary/aromatic N) is 2. The zero-order chi connectivity index (χ0) is 8.97. The number of hydrogen-bond donors (Lipinski definition) is 0. The SMILES string of the molecule is Cc1nnc(SCC(Br)=CBr)s1. The molecule has 0 unspecified atom stereocenters. The molecule has 0 bridgehead atoms. The fourth-order valence-corrected chi connectivity index (χ4v) is 2.85.